The van der Waals surface area contributed by atoms with Gasteiger partial charge in [0, 0.05) is 47.7 Å². The number of amides is 1. The number of hydrogen-bond donors (Lipinski definition) is 1. The molecule has 1 N–H and O–H groups in total. The van der Waals surface area contributed by atoms with E-state index in [2.05, 4.69) is 65.5 Å². The van der Waals surface area contributed by atoms with Crippen molar-refractivity contribution in [2.45, 2.75) is 49.5 Å². The average Bonchev–Trinajstić information content (AvgIpc) is 3.24. The van der Waals surface area contributed by atoms with Crippen molar-refractivity contribution in [1.29, 1.82) is 0 Å². The topological polar surface area (TPSA) is 63.7 Å². The van der Waals surface area contributed by atoms with E-state index in [1.54, 1.807) is 18.0 Å². The highest BCUT2D eigenvalue weighted by atomic mass is 32.2. The van der Waals surface area contributed by atoms with Crippen LogP contribution in [-0.2, 0) is 9.53 Å². The van der Waals surface area contributed by atoms with Crippen molar-refractivity contribution in [3.63, 3.8) is 0 Å². The van der Waals surface area contributed by atoms with Gasteiger partial charge in [-0.05, 0) is 103 Å². The number of fused-ring (bicyclic) bond motifs is 1. The minimum Gasteiger partial charge on any atom is -0.491 e. The van der Waals surface area contributed by atoms with Crippen molar-refractivity contribution in [2.75, 3.05) is 43.1 Å². The fourth-order valence-electron chi connectivity index (χ4n) is 5.11. The van der Waals surface area contributed by atoms with Crippen molar-refractivity contribution in [1.82, 2.24) is 4.98 Å². The summed E-state index contributed by atoms with van der Waals surface area (Å²) in [6.07, 6.45) is 7.78. The Balaban J connectivity index is 1.28. The minimum atomic E-state index is -0.0648. The average molecular weight is 608 g/mol. The molecule has 4 aromatic rings. The number of carbonyl (C=O) groups is 1. The highest BCUT2D eigenvalue weighted by molar-refractivity contribution is 7.99. The highest BCUT2D eigenvalue weighted by Crippen LogP contribution is 2.34. The summed E-state index contributed by atoms with van der Waals surface area (Å²) in [5.41, 5.74) is 5.99. The Hall–Kier alpha value is -4.07. The van der Waals surface area contributed by atoms with Gasteiger partial charge in [-0.25, -0.2) is 4.98 Å². The summed E-state index contributed by atoms with van der Waals surface area (Å²) in [5, 5.41) is 4.06. The van der Waals surface area contributed by atoms with Crippen LogP contribution in [0.3, 0.4) is 0 Å². The number of hydrogen-bond acceptors (Lipinski definition) is 6. The normalized spacial score (nSPS) is 12.7. The minimum absolute atomic E-state index is 0.0648. The summed E-state index contributed by atoms with van der Waals surface area (Å²) < 4.78 is 11.5. The predicted molar refractivity (Wildman–Crippen MR) is 182 cm³/mol. The maximum absolute atomic E-state index is 13.5. The highest BCUT2D eigenvalue weighted by Gasteiger charge is 2.20. The van der Waals surface area contributed by atoms with Crippen LogP contribution in [0.4, 0.5) is 11.4 Å². The molecule has 0 saturated carbocycles. The SMILES string of the molecule is CCCCOCCOc1ccc(-c2ccc3c(c2)C=C(C(=O)Nc2ccc(Sc4ccccn4)cc2)CCN3CCC)cc1. The van der Waals surface area contributed by atoms with Crippen molar-refractivity contribution in [3.8, 4) is 16.9 Å². The van der Waals surface area contributed by atoms with Crippen LogP contribution in [0.25, 0.3) is 17.2 Å². The number of rotatable bonds is 14. The van der Waals surface area contributed by atoms with Gasteiger partial charge in [0.15, 0.2) is 0 Å². The molecule has 2 heterocycles. The number of anilines is 2. The number of unbranched alkanes of at least 4 members (excludes halogenated alkanes) is 1. The van der Waals surface area contributed by atoms with Crippen molar-refractivity contribution < 1.29 is 14.3 Å². The van der Waals surface area contributed by atoms with Gasteiger partial charge in [0.1, 0.15) is 17.4 Å². The lowest BCUT2D eigenvalue weighted by Gasteiger charge is -2.25. The number of nitrogens with zero attached hydrogens (tertiary/aromatic N) is 2. The Labute approximate surface area is 265 Å². The largest absolute Gasteiger partial charge is 0.491 e. The monoisotopic (exact) mass is 607 g/mol. The third kappa shape index (κ3) is 8.74. The molecule has 44 heavy (non-hydrogen) atoms. The summed E-state index contributed by atoms with van der Waals surface area (Å²) in [6.45, 7) is 8.01. The van der Waals surface area contributed by atoms with E-state index in [-0.39, 0.29) is 5.91 Å². The van der Waals surface area contributed by atoms with Gasteiger partial charge < -0.3 is 19.7 Å². The first-order chi connectivity index (χ1) is 21.6. The summed E-state index contributed by atoms with van der Waals surface area (Å²) in [5.74, 6) is 0.768. The Kier molecular flexibility index (Phi) is 11.5. The van der Waals surface area contributed by atoms with E-state index in [0.717, 1.165) is 88.3 Å². The summed E-state index contributed by atoms with van der Waals surface area (Å²) in [4.78, 5) is 21.3. The maximum Gasteiger partial charge on any atom is 0.251 e. The number of benzene rings is 3. The van der Waals surface area contributed by atoms with Crippen LogP contribution in [0.1, 0.15) is 45.1 Å². The molecule has 0 spiro atoms. The van der Waals surface area contributed by atoms with E-state index in [0.29, 0.717) is 19.6 Å². The molecular weight excluding hydrogens is 566 g/mol. The zero-order chi connectivity index (χ0) is 30.6. The third-order valence-electron chi connectivity index (χ3n) is 7.43. The first kappa shape index (κ1) is 31.4. The van der Waals surface area contributed by atoms with Gasteiger partial charge in [0.2, 0.25) is 0 Å². The zero-order valence-corrected chi connectivity index (χ0v) is 26.4. The first-order valence-electron chi connectivity index (χ1n) is 15.5. The molecule has 1 aliphatic heterocycles. The third-order valence-corrected chi connectivity index (χ3v) is 8.39. The Morgan fingerprint density at radius 2 is 1.73 bits per heavy atom. The van der Waals surface area contributed by atoms with E-state index >= 15 is 0 Å². The van der Waals surface area contributed by atoms with Gasteiger partial charge in [0.05, 0.1) is 6.61 Å². The number of pyridine rings is 1. The molecule has 7 heteroatoms. The smallest absolute Gasteiger partial charge is 0.251 e. The van der Waals surface area contributed by atoms with Gasteiger partial charge in [0.25, 0.3) is 5.91 Å². The number of nitrogens with one attached hydrogen (secondary N) is 1. The van der Waals surface area contributed by atoms with Gasteiger partial charge >= 0.3 is 0 Å². The van der Waals surface area contributed by atoms with Gasteiger partial charge in [-0.1, -0.05) is 56.3 Å². The first-order valence-corrected chi connectivity index (χ1v) is 16.4. The van der Waals surface area contributed by atoms with E-state index in [4.69, 9.17) is 9.47 Å². The molecule has 3 aromatic carbocycles. The van der Waals surface area contributed by atoms with Gasteiger partial charge in [-0.2, -0.15) is 0 Å². The molecule has 0 radical (unpaired) electrons. The summed E-state index contributed by atoms with van der Waals surface area (Å²) in [6, 6.07) is 28.5. The molecule has 0 saturated heterocycles. The number of carbonyl (C=O) groups excluding carboxylic acids is 1. The van der Waals surface area contributed by atoms with Crippen LogP contribution in [0.2, 0.25) is 0 Å². The second-order valence-electron chi connectivity index (χ2n) is 10.8. The van der Waals surface area contributed by atoms with Crippen molar-refractivity contribution >= 4 is 35.1 Å². The number of aromatic nitrogens is 1. The quantitative estimate of drug-likeness (QED) is 0.145. The van der Waals surface area contributed by atoms with Crippen LogP contribution in [0.15, 0.2) is 107 Å². The van der Waals surface area contributed by atoms with Crippen LogP contribution >= 0.6 is 11.8 Å². The fraction of sp³-hybridized carbons (Fsp3) is 0.297. The molecule has 5 rings (SSSR count). The molecule has 0 bridgehead atoms. The van der Waals surface area contributed by atoms with Crippen LogP contribution in [0, 0.1) is 0 Å². The molecule has 0 atom stereocenters. The molecule has 1 aromatic heterocycles. The van der Waals surface area contributed by atoms with E-state index in [1.807, 2.05) is 54.6 Å². The van der Waals surface area contributed by atoms with E-state index in [1.165, 1.54) is 0 Å². The van der Waals surface area contributed by atoms with E-state index in [9.17, 15) is 4.79 Å². The van der Waals surface area contributed by atoms with Gasteiger partial charge in [-0.15, -0.1) is 0 Å². The summed E-state index contributed by atoms with van der Waals surface area (Å²) >= 11 is 1.60. The van der Waals surface area contributed by atoms with Crippen molar-refractivity contribution in [3.05, 3.63) is 102 Å². The Morgan fingerprint density at radius 3 is 2.48 bits per heavy atom. The molecule has 1 aliphatic rings. The Morgan fingerprint density at radius 1 is 0.909 bits per heavy atom. The second kappa shape index (κ2) is 16.1. The summed E-state index contributed by atoms with van der Waals surface area (Å²) in [7, 11) is 0. The maximum atomic E-state index is 13.5. The second-order valence-corrected chi connectivity index (χ2v) is 11.9. The predicted octanol–water partition coefficient (Wildman–Crippen LogP) is 8.74. The molecule has 0 unspecified atom stereocenters. The Bertz CT molecular complexity index is 1520. The zero-order valence-electron chi connectivity index (χ0n) is 25.6. The molecule has 228 valence electrons. The lowest BCUT2D eigenvalue weighted by molar-refractivity contribution is -0.112. The standard InChI is InChI=1S/C37H41N3O3S/c1-3-5-23-42-24-25-43-33-14-9-28(10-15-33)29-11-18-35-31(26-29)27-30(19-22-40(35)21-4-2)37(41)39-32-12-16-34(17-13-32)44-36-8-6-7-20-38-36/h6-18,20,26-27H,3-5,19,21-25H2,1-2H3,(H,39,41). The lowest BCUT2D eigenvalue weighted by Crippen LogP contribution is -2.26. The molecule has 6 nitrogen and oxygen atoms in total. The fourth-order valence-corrected chi connectivity index (χ4v) is 5.88. The lowest BCUT2D eigenvalue weighted by atomic mass is 10.00. The van der Waals surface area contributed by atoms with Crippen molar-refractivity contribution in [2.24, 2.45) is 0 Å². The molecule has 1 amide bonds. The van der Waals surface area contributed by atoms with Crippen LogP contribution < -0.4 is 15.0 Å². The van der Waals surface area contributed by atoms with Gasteiger partial charge in [-0.3, -0.25) is 4.79 Å². The molecule has 0 fully saturated rings. The van der Waals surface area contributed by atoms with E-state index < -0.39 is 0 Å². The van der Waals surface area contributed by atoms with Crippen LogP contribution in [0.5, 0.6) is 5.75 Å². The number of ether oxygens (including phenoxy) is 2. The van der Waals surface area contributed by atoms with Crippen LogP contribution in [-0.4, -0.2) is 43.8 Å². The molecular formula is C37H41N3O3S. The molecule has 0 aliphatic carbocycles.